The van der Waals surface area contributed by atoms with E-state index in [1.807, 2.05) is 0 Å². The predicted molar refractivity (Wildman–Crippen MR) is 68.7 cm³/mol. The number of nitrogens with zero attached hydrogens (tertiary/aromatic N) is 1. The zero-order valence-corrected chi connectivity index (χ0v) is 11.2. The summed E-state index contributed by atoms with van der Waals surface area (Å²) in [6, 6.07) is 4.47. The monoisotopic (exact) mass is 251 g/mol. The van der Waals surface area contributed by atoms with Crippen LogP contribution in [0.1, 0.15) is 62.4 Å². The van der Waals surface area contributed by atoms with Crippen molar-refractivity contribution in [1.29, 1.82) is 0 Å². The number of hydrogen-bond acceptors (Lipinski definition) is 3. The molecule has 0 aliphatic carbocycles. The molecule has 3 atom stereocenters. The Morgan fingerprint density at radius 2 is 2.00 bits per heavy atom. The lowest BCUT2D eigenvalue weighted by Gasteiger charge is -2.42. The number of furan rings is 1. The van der Waals surface area contributed by atoms with Crippen LogP contribution in [0.5, 0.6) is 0 Å². The standard InChI is InChI=1S/C14H21NO3/c1-9-5-4-6-10(2)15(9)11(3)12-7-8-13(18-12)14(16)17/h7-11H,4-6H2,1-3H3,(H,16,17). The van der Waals surface area contributed by atoms with E-state index >= 15 is 0 Å². The second-order valence-electron chi connectivity index (χ2n) is 5.26. The molecule has 1 N–H and O–H groups in total. The maximum atomic E-state index is 10.8. The van der Waals surface area contributed by atoms with Crippen molar-refractivity contribution in [3.63, 3.8) is 0 Å². The number of likely N-dealkylation sites (tertiary alicyclic amines) is 1. The van der Waals surface area contributed by atoms with Crippen molar-refractivity contribution in [3.8, 4) is 0 Å². The Morgan fingerprint density at radius 1 is 1.39 bits per heavy atom. The number of rotatable bonds is 3. The molecule has 4 nitrogen and oxygen atoms in total. The predicted octanol–water partition coefficient (Wildman–Crippen LogP) is 3.30. The number of carboxylic acid groups (broad SMARTS) is 1. The molecule has 0 radical (unpaired) electrons. The molecule has 0 aromatic carbocycles. The summed E-state index contributed by atoms with van der Waals surface area (Å²) in [5.41, 5.74) is 0. The molecule has 1 aliphatic rings. The third-order valence-electron chi connectivity index (χ3n) is 3.96. The minimum absolute atomic E-state index is 0.0224. The van der Waals surface area contributed by atoms with Gasteiger partial charge in [0.15, 0.2) is 0 Å². The average Bonchev–Trinajstić information content (AvgIpc) is 2.77. The van der Waals surface area contributed by atoms with Crippen LogP contribution in [0.2, 0.25) is 0 Å². The fourth-order valence-corrected chi connectivity index (χ4v) is 3.04. The van der Waals surface area contributed by atoms with Gasteiger partial charge >= 0.3 is 5.97 Å². The largest absolute Gasteiger partial charge is 0.475 e. The van der Waals surface area contributed by atoms with E-state index in [1.165, 1.54) is 25.3 Å². The highest BCUT2D eigenvalue weighted by Gasteiger charge is 2.31. The molecule has 1 aromatic rings. The van der Waals surface area contributed by atoms with Gasteiger partial charge in [0, 0.05) is 12.1 Å². The van der Waals surface area contributed by atoms with Crippen LogP contribution in [-0.4, -0.2) is 28.1 Å². The molecular weight excluding hydrogens is 230 g/mol. The van der Waals surface area contributed by atoms with Gasteiger partial charge in [0.1, 0.15) is 5.76 Å². The molecule has 2 heterocycles. The summed E-state index contributed by atoms with van der Waals surface area (Å²) in [4.78, 5) is 13.3. The van der Waals surface area contributed by atoms with Gasteiger partial charge < -0.3 is 9.52 Å². The van der Waals surface area contributed by atoms with Crippen molar-refractivity contribution in [3.05, 3.63) is 23.7 Å². The lowest BCUT2D eigenvalue weighted by molar-refractivity contribution is 0.0500. The minimum atomic E-state index is -1.01. The molecular formula is C14H21NO3. The third kappa shape index (κ3) is 2.43. The molecule has 0 amide bonds. The number of carbonyl (C=O) groups is 1. The second kappa shape index (κ2) is 5.14. The van der Waals surface area contributed by atoms with E-state index in [0.29, 0.717) is 12.1 Å². The van der Waals surface area contributed by atoms with Crippen molar-refractivity contribution in [1.82, 2.24) is 4.90 Å². The minimum Gasteiger partial charge on any atom is -0.475 e. The molecule has 1 aromatic heterocycles. The van der Waals surface area contributed by atoms with E-state index in [0.717, 1.165) is 5.76 Å². The first-order valence-electron chi connectivity index (χ1n) is 6.61. The summed E-state index contributed by atoms with van der Waals surface area (Å²) in [5, 5.41) is 8.89. The van der Waals surface area contributed by atoms with E-state index in [9.17, 15) is 4.79 Å². The van der Waals surface area contributed by atoms with Gasteiger partial charge in [-0.05, 0) is 45.7 Å². The van der Waals surface area contributed by atoms with Crippen molar-refractivity contribution in [2.75, 3.05) is 0 Å². The fourth-order valence-electron chi connectivity index (χ4n) is 3.04. The van der Waals surface area contributed by atoms with Crippen molar-refractivity contribution < 1.29 is 14.3 Å². The number of aromatic carboxylic acids is 1. The first-order valence-corrected chi connectivity index (χ1v) is 6.61. The molecule has 0 spiro atoms. The van der Waals surface area contributed by atoms with Crippen LogP contribution in [0.25, 0.3) is 0 Å². The maximum Gasteiger partial charge on any atom is 0.371 e. The quantitative estimate of drug-likeness (QED) is 0.895. The van der Waals surface area contributed by atoms with Gasteiger partial charge in [0.25, 0.3) is 0 Å². The Hall–Kier alpha value is -1.29. The summed E-state index contributed by atoms with van der Waals surface area (Å²) in [6.07, 6.45) is 3.66. The Labute approximate surface area is 108 Å². The van der Waals surface area contributed by atoms with E-state index in [2.05, 4.69) is 25.7 Å². The van der Waals surface area contributed by atoms with Gasteiger partial charge in [-0.15, -0.1) is 0 Å². The van der Waals surface area contributed by atoms with E-state index in [-0.39, 0.29) is 11.8 Å². The molecule has 2 rings (SSSR count). The van der Waals surface area contributed by atoms with Crippen molar-refractivity contribution >= 4 is 5.97 Å². The van der Waals surface area contributed by atoms with Crippen LogP contribution in [0, 0.1) is 0 Å². The van der Waals surface area contributed by atoms with Crippen LogP contribution < -0.4 is 0 Å². The van der Waals surface area contributed by atoms with E-state index in [4.69, 9.17) is 9.52 Å². The highest BCUT2D eigenvalue weighted by Crippen LogP contribution is 2.32. The van der Waals surface area contributed by atoms with E-state index < -0.39 is 5.97 Å². The lowest BCUT2D eigenvalue weighted by atomic mass is 9.95. The third-order valence-corrected chi connectivity index (χ3v) is 3.96. The molecule has 100 valence electrons. The van der Waals surface area contributed by atoms with Gasteiger partial charge in [-0.25, -0.2) is 4.79 Å². The van der Waals surface area contributed by atoms with Crippen molar-refractivity contribution in [2.45, 2.75) is 58.2 Å². The maximum absolute atomic E-state index is 10.8. The van der Waals surface area contributed by atoms with Gasteiger partial charge in [0.2, 0.25) is 5.76 Å². The number of piperidine rings is 1. The molecule has 1 saturated heterocycles. The zero-order valence-electron chi connectivity index (χ0n) is 11.2. The number of carboxylic acids is 1. The normalized spacial score (nSPS) is 27.1. The van der Waals surface area contributed by atoms with Gasteiger partial charge in [-0.3, -0.25) is 4.90 Å². The summed E-state index contributed by atoms with van der Waals surface area (Å²) in [6.45, 7) is 6.54. The smallest absolute Gasteiger partial charge is 0.371 e. The van der Waals surface area contributed by atoms with Crippen LogP contribution in [0.4, 0.5) is 0 Å². The summed E-state index contributed by atoms with van der Waals surface area (Å²) in [5.74, 6) is -0.240. The van der Waals surface area contributed by atoms with E-state index in [1.54, 1.807) is 6.07 Å². The summed E-state index contributed by atoms with van der Waals surface area (Å²) < 4.78 is 5.42. The first-order chi connectivity index (χ1) is 8.50. The van der Waals surface area contributed by atoms with Crippen LogP contribution in [-0.2, 0) is 0 Å². The SMILES string of the molecule is CC1CCCC(C)N1C(C)c1ccc(C(=O)O)o1. The van der Waals surface area contributed by atoms with Crippen LogP contribution in [0.15, 0.2) is 16.5 Å². The number of hydrogen-bond donors (Lipinski definition) is 1. The second-order valence-corrected chi connectivity index (χ2v) is 5.26. The lowest BCUT2D eigenvalue weighted by Crippen LogP contribution is -2.44. The molecule has 0 bridgehead atoms. The Bertz CT molecular complexity index is 416. The van der Waals surface area contributed by atoms with Crippen LogP contribution in [0.3, 0.4) is 0 Å². The average molecular weight is 251 g/mol. The Morgan fingerprint density at radius 3 is 2.50 bits per heavy atom. The van der Waals surface area contributed by atoms with Gasteiger partial charge in [0.05, 0.1) is 6.04 Å². The van der Waals surface area contributed by atoms with Gasteiger partial charge in [-0.2, -0.15) is 0 Å². The Kier molecular flexibility index (Phi) is 3.76. The topological polar surface area (TPSA) is 53.7 Å². The van der Waals surface area contributed by atoms with Crippen molar-refractivity contribution in [2.24, 2.45) is 0 Å². The highest BCUT2D eigenvalue weighted by atomic mass is 16.4. The molecule has 4 heteroatoms. The summed E-state index contributed by atoms with van der Waals surface area (Å²) >= 11 is 0. The van der Waals surface area contributed by atoms with Crippen LogP contribution >= 0.6 is 0 Å². The Balaban J connectivity index is 2.18. The molecule has 18 heavy (non-hydrogen) atoms. The molecule has 3 unspecified atom stereocenters. The molecule has 0 saturated carbocycles. The summed E-state index contributed by atoms with van der Waals surface area (Å²) in [7, 11) is 0. The fraction of sp³-hybridized carbons (Fsp3) is 0.643. The highest BCUT2D eigenvalue weighted by molar-refractivity contribution is 5.84. The van der Waals surface area contributed by atoms with Gasteiger partial charge in [-0.1, -0.05) is 6.42 Å². The first kappa shape index (κ1) is 13.1. The molecule has 1 aliphatic heterocycles. The molecule has 1 fully saturated rings. The zero-order chi connectivity index (χ0) is 13.3.